The van der Waals surface area contributed by atoms with Crippen LogP contribution in [0.1, 0.15) is 44.6 Å². The monoisotopic (exact) mass is 453 g/mol. The van der Waals surface area contributed by atoms with Gasteiger partial charge in [-0.15, -0.1) is 0 Å². The zero-order valence-corrected chi connectivity index (χ0v) is 19.8. The summed E-state index contributed by atoms with van der Waals surface area (Å²) < 4.78 is 17.0. The third-order valence-electron chi connectivity index (χ3n) is 6.22. The molecule has 0 unspecified atom stereocenters. The van der Waals surface area contributed by atoms with E-state index in [1.165, 1.54) is 25.7 Å². The van der Waals surface area contributed by atoms with Crippen LogP contribution in [0.4, 0.5) is 16.2 Å². The highest BCUT2D eigenvalue weighted by Crippen LogP contribution is 2.43. The first-order chi connectivity index (χ1) is 16.2. The number of fused-ring (bicyclic) bond motifs is 1. The summed E-state index contributed by atoms with van der Waals surface area (Å²) in [5, 5.41) is 3.01. The van der Waals surface area contributed by atoms with Crippen LogP contribution in [0.2, 0.25) is 0 Å². The molecule has 0 aliphatic carbocycles. The average molecular weight is 454 g/mol. The number of carbonyl (C=O) groups is 1. The molecule has 2 amide bonds. The summed E-state index contributed by atoms with van der Waals surface area (Å²) in [6.45, 7) is 8.09. The van der Waals surface area contributed by atoms with Crippen LogP contribution in [0, 0.1) is 6.92 Å². The van der Waals surface area contributed by atoms with E-state index in [9.17, 15) is 4.79 Å². The molecule has 7 heteroatoms. The van der Waals surface area contributed by atoms with Gasteiger partial charge in [0, 0.05) is 31.9 Å². The van der Waals surface area contributed by atoms with Gasteiger partial charge in [0.25, 0.3) is 0 Å². The van der Waals surface area contributed by atoms with Crippen molar-refractivity contribution in [2.45, 2.75) is 46.0 Å². The first-order valence-corrected chi connectivity index (χ1v) is 12.1. The molecule has 33 heavy (non-hydrogen) atoms. The van der Waals surface area contributed by atoms with Crippen LogP contribution in [0.15, 0.2) is 36.4 Å². The molecule has 2 heterocycles. The maximum Gasteiger partial charge on any atom is 0.321 e. The van der Waals surface area contributed by atoms with Crippen LogP contribution < -0.4 is 24.4 Å². The van der Waals surface area contributed by atoms with Crippen molar-refractivity contribution in [1.82, 2.24) is 4.90 Å². The van der Waals surface area contributed by atoms with Crippen molar-refractivity contribution >= 4 is 17.4 Å². The smallest absolute Gasteiger partial charge is 0.321 e. The molecule has 0 aromatic heterocycles. The number of amides is 2. The van der Waals surface area contributed by atoms with E-state index in [4.69, 9.17) is 14.2 Å². The molecule has 2 aromatic carbocycles. The van der Waals surface area contributed by atoms with E-state index in [2.05, 4.69) is 30.1 Å². The SMILES string of the molecule is CCCCCCCOc1ccc(NC(=O)N2CCN(c3c(C)ccc4c3OCO4)CC2)cc1. The Morgan fingerprint density at radius 3 is 2.48 bits per heavy atom. The number of nitrogens with one attached hydrogen (secondary N) is 1. The minimum absolute atomic E-state index is 0.0751. The molecule has 178 valence electrons. The van der Waals surface area contributed by atoms with Crippen molar-refractivity contribution < 1.29 is 19.0 Å². The Labute approximate surface area is 196 Å². The summed E-state index contributed by atoms with van der Waals surface area (Å²) in [5.74, 6) is 2.45. The first-order valence-electron chi connectivity index (χ1n) is 12.1. The predicted octanol–water partition coefficient (Wildman–Crippen LogP) is 5.43. The Morgan fingerprint density at radius 1 is 0.970 bits per heavy atom. The van der Waals surface area contributed by atoms with Crippen molar-refractivity contribution in [1.29, 1.82) is 0 Å². The van der Waals surface area contributed by atoms with Crippen LogP contribution in [-0.2, 0) is 0 Å². The number of carbonyl (C=O) groups excluding carboxylic acids is 1. The molecular weight excluding hydrogens is 418 g/mol. The van der Waals surface area contributed by atoms with E-state index >= 15 is 0 Å². The van der Waals surface area contributed by atoms with Crippen LogP contribution in [0.3, 0.4) is 0 Å². The fourth-order valence-electron chi connectivity index (χ4n) is 4.31. The van der Waals surface area contributed by atoms with E-state index in [0.29, 0.717) is 13.1 Å². The Morgan fingerprint density at radius 2 is 1.73 bits per heavy atom. The van der Waals surface area contributed by atoms with Gasteiger partial charge in [0.2, 0.25) is 6.79 Å². The van der Waals surface area contributed by atoms with Gasteiger partial charge in [-0.3, -0.25) is 0 Å². The Hall–Kier alpha value is -3.09. The van der Waals surface area contributed by atoms with Gasteiger partial charge < -0.3 is 29.3 Å². The average Bonchev–Trinajstić information content (AvgIpc) is 3.31. The van der Waals surface area contributed by atoms with Crippen LogP contribution >= 0.6 is 0 Å². The Bertz CT molecular complexity index is 924. The van der Waals surface area contributed by atoms with E-state index in [1.807, 2.05) is 35.2 Å². The second kappa shape index (κ2) is 11.2. The summed E-state index contributed by atoms with van der Waals surface area (Å²) in [7, 11) is 0. The maximum absolute atomic E-state index is 12.8. The molecule has 0 spiro atoms. The summed E-state index contributed by atoms with van der Waals surface area (Å²) in [6.07, 6.45) is 6.11. The van der Waals surface area contributed by atoms with Crippen molar-refractivity contribution in [3.05, 3.63) is 42.0 Å². The second-order valence-corrected chi connectivity index (χ2v) is 8.66. The third kappa shape index (κ3) is 5.83. The number of hydrogen-bond acceptors (Lipinski definition) is 5. The summed E-state index contributed by atoms with van der Waals surface area (Å²) in [6, 6.07) is 11.6. The van der Waals surface area contributed by atoms with Gasteiger partial charge in [-0.05, 0) is 49.2 Å². The minimum Gasteiger partial charge on any atom is -0.494 e. The molecule has 7 nitrogen and oxygen atoms in total. The molecule has 4 rings (SSSR count). The van der Waals surface area contributed by atoms with E-state index < -0.39 is 0 Å². The van der Waals surface area contributed by atoms with E-state index in [1.54, 1.807) is 0 Å². The lowest BCUT2D eigenvalue weighted by molar-refractivity contribution is 0.174. The highest BCUT2D eigenvalue weighted by Gasteiger charge is 2.27. The van der Waals surface area contributed by atoms with Crippen LogP contribution in [0.25, 0.3) is 0 Å². The predicted molar refractivity (Wildman–Crippen MR) is 131 cm³/mol. The summed E-state index contributed by atoms with van der Waals surface area (Å²) in [4.78, 5) is 16.9. The number of benzene rings is 2. The second-order valence-electron chi connectivity index (χ2n) is 8.66. The van der Waals surface area contributed by atoms with Crippen molar-refractivity contribution in [3.8, 4) is 17.2 Å². The summed E-state index contributed by atoms with van der Waals surface area (Å²) >= 11 is 0. The molecule has 2 aliphatic rings. The van der Waals surface area contributed by atoms with Gasteiger partial charge in [0.05, 0.1) is 12.3 Å². The maximum atomic E-state index is 12.8. The van der Waals surface area contributed by atoms with Gasteiger partial charge in [-0.2, -0.15) is 0 Å². The highest BCUT2D eigenvalue weighted by atomic mass is 16.7. The van der Waals surface area contributed by atoms with Crippen molar-refractivity contribution in [2.24, 2.45) is 0 Å². The van der Waals surface area contributed by atoms with Crippen LogP contribution in [0.5, 0.6) is 17.2 Å². The molecule has 1 saturated heterocycles. The Balaban J connectivity index is 1.23. The number of piperazine rings is 1. The standard InChI is InChI=1S/C26H35N3O4/c1-3-4-5-6-7-18-31-22-11-9-21(10-12-22)27-26(30)29-16-14-28(15-17-29)24-20(2)8-13-23-25(24)33-19-32-23/h8-13H,3-7,14-19H2,1-2H3,(H,27,30). The highest BCUT2D eigenvalue weighted by molar-refractivity contribution is 5.89. The van der Waals surface area contributed by atoms with Gasteiger partial charge >= 0.3 is 6.03 Å². The van der Waals surface area contributed by atoms with Gasteiger partial charge in [-0.25, -0.2) is 4.79 Å². The van der Waals surface area contributed by atoms with Gasteiger partial charge in [0.15, 0.2) is 11.5 Å². The normalized spacial score (nSPS) is 15.0. The molecule has 0 bridgehead atoms. The third-order valence-corrected chi connectivity index (χ3v) is 6.22. The number of aryl methyl sites for hydroxylation is 1. The number of hydrogen-bond donors (Lipinski definition) is 1. The van der Waals surface area contributed by atoms with E-state index in [0.717, 1.165) is 60.3 Å². The topological polar surface area (TPSA) is 63.3 Å². The number of unbranched alkanes of at least 4 members (excludes halogenated alkanes) is 4. The number of anilines is 2. The number of ether oxygens (including phenoxy) is 3. The minimum atomic E-state index is -0.0751. The van der Waals surface area contributed by atoms with Crippen molar-refractivity contribution in [3.63, 3.8) is 0 Å². The molecule has 0 atom stereocenters. The molecule has 0 saturated carbocycles. The lowest BCUT2D eigenvalue weighted by Crippen LogP contribution is -2.50. The largest absolute Gasteiger partial charge is 0.494 e. The molecule has 1 fully saturated rings. The zero-order chi connectivity index (χ0) is 23.0. The fraction of sp³-hybridized carbons (Fsp3) is 0.500. The van der Waals surface area contributed by atoms with Crippen molar-refractivity contribution in [2.75, 3.05) is 49.8 Å². The first kappa shape index (κ1) is 23.1. The molecule has 0 radical (unpaired) electrons. The Kier molecular flexibility index (Phi) is 7.81. The number of urea groups is 1. The molecule has 2 aliphatic heterocycles. The fourth-order valence-corrected chi connectivity index (χ4v) is 4.31. The number of nitrogens with zero attached hydrogens (tertiary/aromatic N) is 2. The molecule has 2 aromatic rings. The van der Waals surface area contributed by atoms with Gasteiger partial charge in [-0.1, -0.05) is 38.7 Å². The van der Waals surface area contributed by atoms with Crippen LogP contribution in [-0.4, -0.2) is 50.5 Å². The van der Waals surface area contributed by atoms with Gasteiger partial charge in [0.1, 0.15) is 5.75 Å². The number of rotatable bonds is 9. The summed E-state index contributed by atoms with van der Waals surface area (Å²) in [5.41, 5.74) is 3.01. The lowest BCUT2D eigenvalue weighted by Gasteiger charge is -2.37. The lowest BCUT2D eigenvalue weighted by atomic mass is 10.1. The quantitative estimate of drug-likeness (QED) is 0.513. The zero-order valence-electron chi connectivity index (χ0n) is 19.8. The molecule has 1 N–H and O–H groups in total. The van der Waals surface area contributed by atoms with E-state index in [-0.39, 0.29) is 12.8 Å². The molecular formula is C26H35N3O4.